The van der Waals surface area contributed by atoms with E-state index >= 15 is 0 Å². The lowest BCUT2D eigenvalue weighted by Gasteiger charge is -2.30. The molecule has 1 aromatic carbocycles. The fourth-order valence-electron chi connectivity index (χ4n) is 3.26. The predicted molar refractivity (Wildman–Crippen MR) is 84.9 cm³/mol. The zero-order valence-electron chi connectivity index (χ0n) is 12.8. The molecular formula is C18H28N2. The molecule has 1 aliphatic carbocycles. The number of rotatable bonds is 6. The highest BCUT2D eigenvalue weighted by Gasteiger charge is 2.30. The van der Waals surface area contributed by atoms with Crippen molar-refractivity contribution >= 4 is 0 Å². The smallest absolute Gasteiger partial charge is 0.0237 e. The molecule has 0 aromatic heterocycles. The lowest BCUT2D eigenvalue weighted by atomic mass is 10.0. The molecule has 2 heteroatoms. The molecule has 0 amide bonds. The van der Waals surface area contributed by atoms with Gasteiger partial charge in [-0.05, 0) is 49.8 Å². The number of hydrogen-bond donors (Lipinski definition) is 1. The Morgan fingerprint density at radius 1 is 1.05 bits per heavy atom. The van der Waals surface area contributed by atoms with E-state index in [4.69, 9.17) is 0 Å². The summed E-state index contributed by atoms with van der Waals surface area (Å²) >= 11 is 0. The van der Waals surface area contributed by atoms with Crippen LogP contribution in [0.4, 0.5) is 0 Å². The second-order valence-electron chi connectivity index (χ2n) is 6.48. The molecule has 1 unspecified atom stereocenters. The predicted octanol–water partition coefficient (Wildman–Crippen LogP) is 3.36. The highest BCUT2D eigenvalue weighted by molar-refractivity contribution is 5.22. The first-order valence-corrected chi connectivity index (χ1v) is 8.40. The van der Waals surface area contributed by atoms with Crippen molar-refractivity contribution in [1.82, 2.24) is 10.2 Å². The van der Waals surface area contributed by atoms with Crippen molar-refractivity contribution in [2.45, 2.75) is 64.1 Å². The Kier molecular flexibility index (Phi) is 4.74. The molecular weight excluding hydrogens is 244 g/mol. The molecule has 1 atom stereocenters. The molecule has 1 saturated heterocycles. The molecule has 0 spiro atoms. The minimum atomic E-state index is 0.722. The summed E-state index contributed by atoms with van der Waals surface area (Å²) in [5, 5.41) is 3.69. The Bertz CT molecular complexity index is 402. The molecule has 3 rings (SSSR count). The number of nitrogens with one attached hydrogen (secondary N) is 1. The largest absolute Gasteiger partial charge is 0.313 e. The quantitative estimate of drug-likeness (QED) is 0.854. The highest BCUT2D eigenvalue weighted by Crippen LogP contribution is 2.29. The summed E-state index contributed by atoms with van der Waals surface area (Å²) in [6, 6.07) is 10.8. The molecule has 1 heterocycles. The summed E-state index contributed by atoms with van der Waals surface area (Å²) in [6.45, 7) is 5.81. The van der Waals surface area contributed by atoms with Crippen LogP contribution in [0, 0.1) is 0 Å². The van der Waals surface area contributed by atoms with Crippen LogP contribution in [-0.4, -0.2) is 30.1 Å². The maximum absolute atomic E-state index is 3.69. The van der Waals surface area contributed by atoms with Gasteiger partial charge in [0.2, 0.25) is 0 Å². The molecule has 2 aliphatic rings. The minimum Gasteiger partial charge on any atom is -0.313 e. The van der Waals surface area contributed by atoms with E-state index in [0.717, 1.165) is 25.0 Å². The van der Waals surface area contributed by atoms with Gasteiger partial charge < -0.3 is 5.32 Å². The van der Waals surface area contributed by atoms with E-state index in [1.54, 1.807) is 0 Å². The van der Waals surface area contributed by atoms with E-state index in [0.29, 0.717) is 0 Å². The van der Waals surface area contributed by atoms with Gasteiger partial charge in [0.1, 0.15) is 0 Å². The van der Waals surface area contributed by atoms with Gasteiger partial charge in [0.05, 0.1) is 0 Å². The molecule has 2 nitrogen and oxygen atoms in total. The first-order chi connectivity index (χ1) is 9.85. The average molecular weight is 272 g/mol. The van der Waals surface area contributed by atoms with Crippen LogP contribution < -0.4 is 5.32 Å². The molecule has 1 N–H and O–H groups in total. The van der Waals surface area contributed by atoms with Crippen LogP contribution in [0.15, 0.2) is 24.3 Å². The highest BCUT2D eigenvalue weighted by atomic mass is 15.2. The molecule has 0 radical (unpaired) electrons. The van der Waals surface area contributed by atoms with Crippen LogP contribution in [-0.2, 0) is 13.0 Å². The summed E-state index contributed by atoms with van der Waals surface area (Å²) in [6.07, 6.45) is 8.07. The normalized spacial score (nSPS) is 23.2. The third-order valence-corrected chi connectivity index (χ3v) is 4.75. The Balaban J connectivity index is 1.58. The van der Waals surface area contributed by atoms with Crippen molar-refractivity contribution in [3.63, 3.8) is 0 Å². The molecule has 110 valence electrons. The van der Waals surface area contributed by atoms with Gasteiger partial charge in [0, 0.05) is 25.2 Å². The number of piperidine rings is 1. The van der Waals surface area contributed by atoms with E-state index in [1.165, 1.54) is 56.3 Å². The monoisotopic (exact) mass is 272 g/mol. The fraction of sp³-hybridized carbons (Fsp3) is 0.667. The minimum absolute atomic E-state index is 0.722. The lowest BCUT2D eigenvalue weighted by Crippen LogP contribution is -2.44. The van der Waals surface area contributed by atoms with Crippen molar-refractivity contribution in [2.75, 3.05) is 13.1 Å². The first-order valence-electron chi connectivity index (χ1n) is 8.40. The van der Waals surface area contributed by atoms with Gasteiger partial charge in [-0.25, -0.2) is 0 Å². The Labute approximate surface area is 123 Å². The van der Waals surface area contributed by atoms with Crippen LogP contribution in [0.5, 0.6) is 0 Å². The maximum Gasteiger partial charge on any atom is 0.0237 e. The number of nitrogens with zero attached hydrogens (tertiary/aromatic N) is 1. The maximum atomic E-state index is 3.69. The topological polar surface area (TPSA) is 15.3 Å². The summed E-state index contributed by atoms with van der Waals surface area (Å²) in [5.41, 5.74) is 2.92. The lowest BCUT2D eigenvalue weighted by molar-refractivity contribution is 0.208. The van der Waals surface area contributed by atoms with Crippen molar-refractivity contribution in [2.24, 2.45) is 0 Å². The van der Waals surface area contributed by atoms with E-state index < -0.39 is 0 Å². The van der Waals surface area contributed by atoms with Gasteiger partial charge in [0.25, 0.3) is 0 Å². The number of hydrogen-bond acceptors (Lipinski definition) is 2. The van der Waals surface area contributed by atoms with Crippen LogP contribution in [0.3, 0.4) is 0 Å². The zero-order valence-corrected chi connectivity index (χ0v) is 12.8. The number of aryl methyl sites for hydroxylation is 1. The summed E-state index contributed by atoms with van der Waals surface area (Å²) in [5.74, 6) is 0. The molecule has 20 heavy (non-hydrogen) atoms. The van der Waals surface area contributed by atoms with E-state index in [-0.39, 0.29) is 0 Å². The summed E-state index contributed by atoms with van der Waals surface area (Å²) in [4.78, 5) is 2.71. The van der Waals surface area contributed by atoms with Gasteiger partial charge in [-0.2, -0.15) is 0 Å². The average Bonchev–Trinajstić information content (AvgIpc) is 3.33. The van der Waals surface area contributed by atoms with Crippen LogP contribution in [0.2, 0.25) is 0 Å². The van der Waals surface area contributed by atoms with Gasteiger partial charge in [-0.1, -0.05) is 37.6 Å². The van der Waals surface area contributed by atoms with Gasteiger partial charge in [0.15, 0.2) is 0 Å². The third kappa shape index (κ3) is 3.83. The summed E-state index contributed by atoms with van der Waals surface area (Å²) in [7, 11) is 0. The SMILES string of the molecule is CCc1ccc(CN(CC2CCCCN2)C2CC2)cc1. The third-order valence-electron chi connectivity index (χ3n) is 4.75. The molecule has 0 bridgehead atoms. The van der Waals surface area contributed by atoms with Crippen molar-refractivity contribution in [1.29, 1.82) is 0 Å². The molecule has 1 aliphatic heterocycles. The van der Waals surface area contributed by atoms with Crippen LogP contribution in [0.25, 0.3) is 0 Å². The molecule has 2 fully saturated rings. The molecule has 1 aromatic rings. The number of benzene rings is 1. The van der Waals surface area contributed by atoms with Gasteiger partial charge in [-0.3, -0.25) is 4.90 Å². The van der Waals surface area contributed by atoms with Crippen LogP contribution >= 0.6 is 0 Å². The van der Waals surface area contributed by atoms with Crippen LogP contribution in [0.1, 0.15) is 50.2 Å². The first kappa shape index (κ1) is 14.1. The second kappa shape index (κ2) is 6.73. The Morgan fingerprint density at radius 3 is 2.40 bits per heavy atom. The van der Waals surface area contributed by atoms with Gasteiger partial charge in [-0.15, -0.1) is 0 Å². The van der Waals surface area contributed by atoms with Gasteiger partial charge >= 0.3 is 0 Å². The van der Waals surface area contributed by atoms with E-state index in [2.05, 4.69) is 41.4 Å². The standard InChI is InChI=1S/C18H28N2/c1-2-15-6-8-16(9-7-15)13-20(18-10-11-18)14-17-5-3-4-12-19-17/h6-9,17-19H,2-5,10-14H2,1H3. The van der Waals surface area contributed by atoms with Crippen molar-refractivity contribution in [3.8, 4) is 0 Å². The van der Waals surface area contributed by atoms with E-state index in [1.807, 2.05) is 0 Å². The Morgan fingerprint density at radius 2 is 1.80 bits per heavy atom. The van der Waals surface area contributed by atoms with Crippen molar-refractivity contribution < 1.29 is 0 Å². The summed E-state index contributed by atoms with van der Waals surface area (Å²) < 4.78 is 0. The van der Waals surface area contributed by atoms with Crippen molar-refractivity contribution in [3.05, 3.63) is 35.4 Å². The Hall–Kier alpha value is -0.860. The van der Waals surface area contributed by atoms with E-state index in [9.17, 15) is 0 Å². The molecule has 1 saturated carbocycles. The fourth-order valence-corrected chi connectivity index (χ4v) is 3.26. The zero-order chi connectivity index (χ0) is 13.8. The second-order valence-corrected chi connectivity index (χ2v) is 6.48.